The third-order valence-corrected chi connectivity index (χ3v) is 4.65. The predicted octanol–water partition coefficient (Wildman–Crippen LogP) is 4.50. The normalized spacial score (nSPS) is 16.3. The Morgan fingerprint density at radius 3 is 2.54 bits per heavy atom. The Hall–Kier alpha value is -2.10. The van der Waals surface area contributed by atoms with E-state index >= 15 is 0 Å². The first-order valence-electron chi connectivity index (χ1n) is 9.11. The third-order valence-electron chi connectivity index (χ3n) is 4.65. The molecule has 1 aromatic heterocycles. The van der Waals surface area contributed by atoms with Crippen LogP contribution in [0.2, 0.25) is 0 Å². The van der Waals surface area contributed by atoms with Gasteiger partial charge in [0.15, 0.2) is 11.7 Å². The van der Waals surface area contributed by atoms with Gasteiger partial charge in [-0.15, -0.1) is 0 Å². The molecule has 1 heterocycles. The van der Waals surface area contributed by atoms with E-state index in [1.54, 1.807) is 6.20 Å². The lowest BCUT2D eigenvalue weighted by molar-refractivity contribution is -0.122. The van der Waals surface area contributed by atoms with Crippen molar-refractivity contribution in [3.8, 4) is 11.3 Å². The number of oxazole rings is 1. The molecule has 2 aromatic rings. The molecule has 0 saturated heterocycles. The molecule has 24 heavy (non-hydrogen) atoms. The molecule has 4 heteroatoms. The Kier molecular flexibility index (Phi) is 6.05. The molecule has 3 rings (SSSR count). The zero-order valence-electron chi connectivity index (χ0n) is 14.2. The summed E-state index contributed by atoms with van der Waals surface area (Å²) in [6.45, 7) is 0. The van der Waals surface area contributed by atoms with Gasteiger partial charge in [-0.3, -0.25) is 4.79 Å². The Labute approximate surface area is 143 Å². The molecule has 0 aliphatic heterocycles. The van der Waals surface area contributed by atoms with Crippen molar-refractivity contribution >= 4 is 5.91 Å². The van der Waals surface area contributed by atoms with Crippen LogP contribution in [0, 0.1) is 0 Å². The van der Waals surface area contributed by atoms with Gasteiger partial charge in [0.1, 0.15) is 0 Å². The van der Waals surface area contributed by atoms with Crippen molar-refractivity contribution in [1.29, 1.82) is 0 Å². The Morgan fingerprint density at radius 2 is 1.79 bits per heavy atom. The van der Waals surface area contributed by atoms with Gasteiger partial charge < -0.3 is 9.73 Å². The Morgan fingerprint density at radius 1 is 1.08 bits per heavy atom. The first-order chi connectivity index (χ1) is 11.8. The molecule has 1 amide bonds. The van der Waals surface area contributed by atoms with Crippen molar-refractivity contribution < 1.29 is 9.21 Å². The number of aromatic nitrogens is 1. The van der Waals surface area contributed by atoms with Gasteiger partial charge in [-0.25, -0.2) is 4.98 Å². The number of amides is 1. The molecule has 0 unspecified atom stereocenters. The SMILES string of the molecule is O=C(CCc1ncc(-c2ccccc2)o1)NC1CCCCCCC1. The van der Waals surface area contributed by atoms with Gasteiger partial charge in [-0.1, -0.05) is 62.4 Å². The molecule has 1 aromatic carbocycles. The van der Waals surface area contributed by atoms with Crippen molar-refractivity contribution in [2.24, 2.45) is 0 Å². The minimum absolute atomic E-state index is 0.111. The lowest BCUT2D eigenvalue weighted by Gasteiger charge is -2.20. The third kappa shape index (κ3) is 4.95. The maximum absolute atomic E-state index is 12.2. The van der Waals surface area contributed by atoms with Crippen molar-refractivity contribution in [3.05, 3.63) is 42.4 Å². The number of nitrogens with one attached hydrogen (secondary N) is 1. The summed E-state index contributed by atoms with van der Waals surface area (Å²) >= 11 is 0. The second kappa shape index (κ2) is 8.67. The average molecular weight is 326 g/mol. The number of carbonyl (C=O) groups is 1. The molecular formula is C20H26N2O2. The van der Waals surface area contributed by atoms with Crippen LogP contribution in [-0.2, 0) is 11.2 Å². The smallest absolute Gasteiger partial charge is 0.220 e. The van der Waals surface area contributed by atoms with Gasteiger partial charge in [0.2, 0.25) is 5.91 Å². The fourth-order valence-corrected chi connectivity index (χ4v) is 3.28. The van der Waals surface area contributed by atoms with Gasteiger partial charge in [0.05, 0.1) is 6.20 Å². The molecule has 0 spiro atoms. The average Bonchev–Trinajstić information content (AvgIpc) is 3.05. The fourth-order valence-electron chi connectivity index (χ4n) is 3.28. The van der Waals surface area contributed by atoms with Crippen molar-refractivity contribution in [2.75, 3.05) is 0 Å². The second-order valence-corrected chi connectivity index (χ2v) is 6.59. The zero-order chi connectivity index (χ0) is 16.6. The maximum Gasteiger partial charge on any atom is 0.220 e. The monoisotopic (exact) mass is 326 g/mol. The second-order valence-electron chi connectivity index (χ2n) is 6.59. The molecule has 0 bridgehead atoms. The van der Waals surface area contributed by atoms with E-state index in [1.807, 2.05) is 30.3 Å². The molecule has 1 saturated carbocycles. The topological polar surface area (TPSA) is 55.1 Å². The number of rotatable bonds is 5. The van der Waals surface area contributed by atoms with E-state index < -0.39 is 0 Å². The molecule has 1 N–H and O–H groups in total. The van der Waals surface area contributed by atoms with Crippen LogP contribution in [0.3, 0.4) is 0 Å². The minimum Gasteiger partial charge on any atom is -0.441 e. The number of carbonyl (C=O) groups excluding carboxylic acids is 1. The van der Waals surface area contributed by atoms with E-state index in [0.717, 1.165) is 24.2 Å². The van der Waals surface area contributed by atoms with E-state index in [9.17, 15) is 4.79 Å². The zero-order valence-corrected chi connectivity index (χ0v) is 14.2. The van der Waals surface area contributed by atoms with Crippen LogP contribution in [0.15, 0.2) is 40.9 Å². The molecule has 0 atom stereocenters. The quantitative estimate of drug-likeness (QED) is 0.880. The van der Waals surface area contributed by atoms with Crippen molar-refractivity contribution in [3.63, 3.8) is 0 Å². The van der Waals surface area contributed by atoms with Crippen molar-refractivity contribution in [2.45, 2.75) is 63.8 Å². The molecule has 1 fully saturated rings. The van der Waals surface area contributed by atoms with Gasteiger partial charge >= 0.3 is 0 Å². The summed E-state index contributed by atoms with van der Waals surface area (Å²) in [5.74, 6) is 1.49. The molecule has 128 valence electrons. The van der Waals surface area contributed by atoms with Crippen LogP contribution in [0.5, 0.6) is 0 Å². The molecular weight excluding hydrogens is 300 g/mol. The summed E-state index contributed by atoms with van der Waals surface area (Å²) < 4.78 is 5.76. The summed E-state index contributed by atoms with van der Waals surface area (Å²) in [4.78, 5) is 16.5. The molecule has 1 aliphatic rings. The lowest BCUT2D eigenvalue weighted by atomic mass is 9.96. The van der Waals surface area contributed by atoms with Gasteiger partial charge in [-0.05, 0) is 12.8 Å². The van der Waals surface area contributed by atoms with Crippen LogP contribution in [0.1, 0.15) is 57.3 Å². The molecule has 4 nitrogen and oxygen atoms in total. The largest absolute Gasteiger partial charge is 0.441 e. The molecule has 0 radical (unpaired) electrons. The predicted molar refractivity (Wildman–Crippen MR) is 94.5 cm³/mol. The van der Waals surface area contributed by atoms with Crippen LogP contribution in [0.25, 0.3) is 11.3 Å². The highest BCUT2D eigenvalue weighted by Gasteiger charge is 2.15. The van der Waals surface area contributed by atoms with Gasteiger partial charge in [0, 0.05) is 24.4 Å². The van der Waals surface area contributed by atoms with Crippen LogP contribution < -0.4 is 5.32 Å². The lowest BCUT2D eigenvalue weighted by Crippen LogP contribution is -2.35. The van der Waals surface area contributed by atoms with E-state index in [2.05, 4.69) is 10.3 Å². The number of nitrogens with zero attached hydrogens (tertiary/aromatic N) is 1. The van der Waals surface area contributed by atoms with E-state index in [4.69, 9.17) is 4.42 Å². The summed E-state index contributed by atoms with van der Waals surface area (Å²) in [5, 5.41) is 3.19. The first kappa shape index (κ1) is 16.7. The van der Waals surface area contributed by atoms with Crippen LogP contribution in [-0.4, -0.2) is 16.9 Å². The highest BCUT2D eigenvalue weighted by atomic mass is 16.4. The van der Waals surface area contributed by atoms with E-state index in [0.29, 0.717) is 24.8 Å². The summed E-state index contributed by atoms with van der Waals surface area (Å²) in [7, 11) is 0. The first-order valence-corrected chi connectivity index (χ1v) is 9.11. The standard InChI is InChI=1S/C20H26N2O2/c23-19(22-17-11-7-2-1-3-8-12-17)13-14-20-21-15-18(24-20)16-9-5-4-6-10-16/h4-6,9-10,15,17H,1-3,7-8,11-14H2,(H,22,23). The summed E-state index contributed by atoms with van der Waals surface area (Å²) in [6, 6.07) is 10.2. The van der Waals surface area contributed by atoms with Gasteiger partial charge in [-0.2, -0.15) is 0 Å². The summed E-state index contributed by atoms with van der Waals surface area (Å²) in [5.41, 5.74) is 1.01. The van der Waals surface area contributed by atoms with Gasteiger partial charge in [0.25, 0.3) is 0 Å². The highest BCUT2D eigenvalue weighted by molar-refractivity contribution is 5.76. The number of aryl methyl sites for hydroxylation is 1. The van der Waals surface area contributed by atoms with Crippen LogP contribution in [0.4, 0.5) is 0 Å². The molecule has 1 aliphatic carbocycles. The number of benzene rings is 1. The number of hydrogen-bond donors (Lipinski definition) is 1. The summed E-state index contributed by atoms with van der Waals surface area (Å²) in [6.07, 6.45) is 11.3. The maximum atomic E-state index is 12.2. The van der Waals surface area contributed by atoms with E-state index in [-0.39, 0.29) is 5.91 Å². The van der Waals surface area contributed by atoms with Crippen LogP contribution >= 0.6 is 0 Å². The number of hydrogen-bond acceptors (Lipinski definition) is 3. The van der Waals surface area contributed by atoms with E-state index in [1.165, 1.54) is 32.1 Å². The van der Waals surface area contributed by atoms with Crippen molar-refractivity contribution in [1.82, 2.24) is 10.3 Å². The fraction of sp³-hybridized carbons (Fsp3) is 0.500. The Balaban J connectivity index is 1.47. The highest BCUT2D eigenvalue weighted by Crippen LogP contribution is 2.20. The Bertz CT molecular complexity index is 628. The minimum atomic E-state index is 0.111.